The molecule has 0 fully saturated rings. The van der Waals surface area contributed by atoms with Crippen molar-refractivity contribution in [3.63, 3.8) is 0 Å². The summed E-state index contributed by atoms with van der Waals surface area (Å²) in [5.74, 6) is -0.982. The fourth-order valence-corrected chi connectivity index (χ4v) is 1.07. The summed E-state index contributed by atoms with van der Waals surface area (Å²) in [5.41, 5.74) is -0.616. The number of carbonyl (C=O) groups excluding carboxylic acids is 2. The first-order valence-electron chi connectivity index (χ1n) is 4.78. The topological polar surface area (TPSA) is 68.3 Å². The minimum Gasteiger partial charge on any atom is -0.468 e. The molecule has 86 valence electrons. The molecule has 5 heteroatoms. The van der Waals surface area contributed by atoms with Crippen molar-refractivity contribution >= 4 is 17.6 Å². The molecule has 0 aromatic carbocycles. The minimum absolute atomic E-state index is 0.412. The SMILES string of the molecule is COC(=O)C(C)(C)C(=O)Nc1ccncc1. The van der Waals surface area contributed by atoms with Gasteiger partial charge < -0.3 is 10.1 Å². The zero-order chi connectivity index (χ0) is 12.2. The number of methoxy groups -OCH3 is 1. The highest BCUT2D eigenvalue weighted by Crippen LogP contribution is 2.19. The summed E-state index contributed by atoms with van der Waals surface area (Å²) in [4.78, 5) is 27.0. The molecule has 0 bridgehead atoms. The summed E-state index contributed by atoms with van der Waals surface area (Å²) < 4.78 is 4.56. The van der Waals surface area contributed by atoms with Crippen LogP contribution >= 0.6 is 0 Å². The summed E-state index contributed by atoms with van der Waals surface area (Å²) in [6.45, 7) is 3.02. The Bertz CT molecular complexity index is 387. The van der Waals surface area contributed by atoms with E-state index in [0.29, 0.717) is 5.69 Å². The number of nitrogens with one attached hydrogen (secondary N) is 1. The predicted octanol–water partition coefficient (Wildman–Crippen LogP) is 1.22. The number of ether oxygens (including phenoxy) is 1. The van der Waals surface area contributed by atoms with E-state index in [9.17, 15) is 9.59 Å². The van der Waals surface area contributed by atoms with Crippen LogP contribution in [0.3, 0.4) is 0 Å². The maximum atomic E-state index is 11.8. The minimum atomic E-state index is -1.21. The van der Waals surface area contributed by atoms with Gasteiger partial charge in [0, 0.05) is 18.1 Å². The second kappa shape index (κ2) is 4.74. The van der Waals surface area contributed by atoms with Gasteiger partial charge in [-0.15, -0.1) is 0 Å². The zero-order valence-corrected chi connectivity index (χ0v) is 9.48. The first-order valence-corrected chi connectivity index (χ1v) is 4.78. The number of nitrogens with zero attached hydrogens (tertiary/aromatic N) is 1. The lowest BCUT2D eigenvalue weighted by Crippen LogP contribution is -2.38. The van der Waals surface area contributed by atoms with E-state index in [2.05, 4.69) is 15.0 Å². The van der Waals surface area contributed by atoms with Gasteiger partial charge in [0.15, 0.2) is 0 Å². The fourth-order valence-electron chi connectivity index (χ4n) is 1.07. The van der Waals surface area contributed by atoms with Gasteiger partial charge in [-0.05, 0) is 26.0 Å². The Balaban J connectivity index is 2.76. The first-order chi connectivity index (χ1) is 7.48. The quantitative estimate of drug-likeness (QED) is 0.616. The van der Waals surface area contributed by atoms with Crippen molar-refractivity contribution in [2.45, 2.75) is 13.8 Å². The Labute approximate surface area is 93.8 Å². The summed E-state index contributed by atoms with van der Waals surface area (Å²) in [6, 6.07) is 3.29. The molecule has 0 unspecified atom stereocenters. The maximum Gasteiger partial charge on any atom is 0.320 e. The van der Waals surface area contributed by atoms with E-state index in [1.807, 2.05) is 0 Å². The normalized spacial score (nSPS) is 10.7. The van der Waals surface area contributed by atoms with Crippen molar-refractivity contribution in [1.82, 2.24) is 4.98 Å². The molecular weight excluding hydrogens is 208 g/mol. The van der Waals surface area contributed by atoms with Crippen LogP contribution in [0.4, 0.5) is 5.69 Å². The highest BCUT2D eigenvalue weighted by atomic mass is 16.5. The molecule has 1 aromatic rings. The highest BCUT2D eigenvalue weighted by Gasteiger charge is 2.37. The third kappa shape index (κ3) is 2.56. The Kier molecular flexibility index (Phi) is 3.60. The monoisotopic (exact) mass is 222 g/mol. The average molecular weight is 222 g/mol. The maximum absolute atomic E-state index is 11.8. The lowest BCUT2D eigenvalue weighted by Gasteiger charge is -2.20. The molecule has 0 aliphatic heterocycles. The van der Waals surface area contributed by atoms with Crippen molar-refractivity contribution in [3.05, 3.63) is 24.5 Å². The van der Waals surface area contributed by atoms with Gasteiger partial charge in [0.05, 0.1) is 7.11 Å². The number of hydrogen-bond donors (Lipinski definition) is 1. The van der Waals surface area contributed by atoms with E-state index >= 15 is 0 Å². The molecule has 0 saturated heterocycles. The van der Waals surface area contributed by atoms with E-state index in [1.54, 1.807) is 24.5 Å². The zero-order valence-electron chi connectivity index (χ0n) is 9.48. The van der Waals surface area contributed by atoms with E-state index in [-0.39, 0.29) is 0 Å². The summed E-state index contributed by atoms with van der Waals surface area (Å²) in [6.07, 6.45) is 3.11. The number of anilines is 1. The van der Waals surface area contributed by atoms with E-state index < -0.39 is 17.3 Å². The number of carbonyl (C=O) groups is 2. The molecule has 0 aliphatic rings. The molecule has 0 radical (unpaired) electrons. The van der Waals surface area contributed by atoms with Crippen molar-refractivity contribution in [1.29, 1.82) is 0 Å². The van der Waals surface area contributed by atoms with Gasteiger partial charge in [0.2, 0.25) is 5.91 Å². The van der Waals surface area contributed by atoms with Gasteiger partial charge in [0.25, 0.3) is 0 Å². The molecule has 16 heavy (non-hydrogen) atoms. The van der Waals surface area contributed by atoms with Crippen molar-refractivity contribution in [2.75, 3.05) is 12.4 Å². The van der Waals surface area contributed by atoms with Crippen LogP contribution in [0.1, 0.15) is 13.8 Å². The van der Waals surface area contributed by atoms with Crippen molar-refractivity contribution in [3.8, 4) is 0 Å². The predicted molar refractivity (Wildman–Crippen MR) is 58.7 cm³/mol. The molecule has 1 amide bonds. The van der Waals surface area contributed by atoms with E-state index in [0.717, 1.165) is 0 Å². The number of amides is 1. The van der Waals surface area contributed by atoms with Crippen LogP contribution in [0, 0.1) is 5.41 Å². The van der Waals surface area contributed by atoms with Crippen molar-refractivity contribution in [2.24, 2.45) is 5.41 Å². The van der Waals surface area contributed by atoms with Gasteiger partial charge in [-0.2, -0.15) is 0 Å². The standard InChI is InChI=1S/C11H14N2O3/c1-11(2,10(15)16-3)9(14)13-8-4-6-12-7-5-8/h4-7H,1-3H3,(H,12,13,14). The van der Waals surface area contributed by atoms with E-state index in [1.165, 1.54) is 21.0 Å². The van der Waals surface area contributed by atoms with Crippen LogP contribution in [0.25, 0.3) is 0 Å². The average Bonchev–Trinajstić information content (AvgIpc) is 2.29. The molecule has 1 aromatic heterocycles. The number of hydrogen-bond acceptors (Lipinski definition) is 4. The molecule has 1 heterocycles. The molecule has 1 rings (SSSR count). The van der Waals surface area contributed by atoms with Crippen LogP contribution in [0.5, 0.6) is 0 Å². The van der Waals surface area contributed by atoms with E-state index in [4.69, 9.17) is 0 Å². The largest absolute Gasteiger partial charge is 0.468 e. The lowest BCUT2D eigenvalue weighted by molar-refractivity contribution is -0.154. The number of aromatic nitrogens is 1. The third-order valence-corrected chi connectivity index (χ3v) is 2.20. The molecule has 0 aliphatic carbocycles. The van der Waals surface area contributed by atoms with Gasteiger partial charge in [0.1, 0.15) is 5.41 Å². The Morgan fingerprint density at radius 2 is 1.88 bits per heavy atom. The highest BCUT2D eigenvalue weighted by molar-refractivity contribution is 6.08. The van der Waals surface area contributed by atoms with Gasteiger partial charge >= 0.3 is 5.97 Å². The molecule has 1 N–H and O–H groups in total. The molecule has 5 nitrogen and oxygen atoms in total. The van der Waals surface area contributed by atoms with Crippen LogP contribution in [-0.4, -0.2) is 24.0 Å². The van der Waals surface area contributed by atoms with Gasteiger partial charge in [-0.25, -0.2) is 0 Å². The fraction of sp³-hybridized carbons (Fsp3) is 0.364. The number of esters is 1. The number of pyridine rings is 1. The third-order valence-electron chi connectivity index (χ3n) is 2.20. The van der Waals surface area contributed by atoms with Crippen molar-refractivity contribution < 1.29 is 14.3 Å². The van der Waals surface area contributed by atoms with Gasteiger partial charge in [-0.3, -0.25) is 14.6 Å². The second-order valence-corrected chi connectivity index (χ2v) is 3.81. The van der Waals surface area contributed by atoms with Crippen LogP contribution < -0.4 is 5.32 Å². The smallest absolute Gasteiger partial charge is 0.320 e. The Morgan fingerprint density at radius 1 is 1.31 bits per heavy atom. The Morgan fingerprint density at radius 3 is 2.38 bits per heavy atom. The molecule has 0 saturated carbocycles. The van der Waals surface area contributed by atoms with Gasteiger partial charge in [-0.1, -0.05) is 0 Å². The Hall–Kier alpha value is -1.91. The molecule has 0 atom stereocenters. The summed E-state index contributed by atoms with van der Waals surface area (Å²) in [7, 11) is 1.25. The van der Waals surface area contributed by atoms with Crippen LogP contribution in [0.2, 0.25) is 0 Å². The lowest BCUT2D eigenvalue weighted by atomic mass is 9.92. The van der Waals surface area contributed by atoms with Crippen LogP contribution in [0.15, 0.2) is 24.5 Å². The summed E-state index contributed by atoms with van der Waals surface area (Å²) in [5, 5.41) is 2.62. The number of rotatable bonds is 3. The van der Waals surface area contributed by atoms with Crippen LogP contribution in [-0.2, 0) is 14.3 Å². The molecule has 0 spiro atoms. The molecular formula is C11H14N2O3. The first kappa shape index (κ1) is 12.2. The summed E-state index contributed by atoms with van der Waals surface area (Å²) >= 11 is 0. The second-order valence-electron chi connectivity index (χ2n) is 3.81.